The first kappa shape index (κ1) is 23.3. The van der Waals surface area contributed by atoms with Gasteiger partial charge in [-0.25, -0.2) is 0 Å². The van der Waals surface area contributed by atoms with E-state index in [1.807, 2.05) is 42.2 Å². The van der Waals surface area contributed by atoms with Crippen LogP contribution in [0.15, 0.2) is 30.3 Å². The standard InChI is InChI=1S/C25H37N3O3/c1-2-9-22(27-23(29)18-19-10-5-3-6-11-19)25(31)28-16-14-21(15-17-28)26-24(30)20-12-7-4-8-13-20/h3,5-6,10-11,20-22H,2,4,7-9,12-18H2,1H3,(H,26,30)(H,27,29). The van der Waals surface area contributed by atoms with Crippen LogP contribution in [0.25, 0.3) is 0 Å². The fourth-order valence-corrected chi connectivity index (χ4v) is 4.72. The topological polar surface area (TPSA) is 78.5 Å². The van der Waals surface area contributed by atoms with E-state index in [2.05, 4.69) is 10.6 Å². The summed E-state index contributed by atoms with van der Waals surface area (Å²) in [6, 6.07) is 9.26. The maximum atomic E-state index is 13.1. The van der Waals surface area contributed by atoms with Crippen molar-refractivity contribution in [3.63, 3.8) is 0 Å². The quantitative estimate of drug-likeness (QED) is 0.669. The second kappa shape index (κ2) is 11.9. The predicted molar refractivity (Wildman–Crippen MR) is 121 cm³/mol. The lowest BCUT2D eigenvalue weighted by Crippen LogP contribution is -2.53. The fraction of sp³-hybridized carbons (Fsp3) is 0.640. The van der Waals surface area contributed by atoms with Crippen LogP contribution in [-0.4, -0.2) is 47.8 Å². The van der Waals surface area contributed by atoms with Crippen molar-refractivity contribution in [2.45, 2.75) is 83.2 Å². The van der Waals surface area contributed by atoms with Crippen molar-refractivity contribution in [1.82, 2.24) is 15.5 Å². The third-order valence-corrected chi connectivity index (χ3v) is 6.55. The zero-order valence-corrected chi connectivity index (χ0v) is 18.8. The molecule has 2 N–H and O–H groups in total. The number of piperidine rings is 1. The lowest BCUT2D eigenvalue weighted by molar-refractivity contribution is -0.137. The Balaban J connectivity index is 1.46. The Labute approximate surface area is 186 Å². The van der Waals surface area contributed by atoms with Gasteiger partial charge in [0.2, 0.25) is 17.7 Å². The monoisotopic (exact) mass is 427 g/mol. The number of amides is 3. The SMILES string of the molecule is CCCC(NC(=O)Cc1ccccc1)C(=O)N1CCC(NC(=O)C2CCCCC2)CC1. The van der Waals surface area contributed by atoms with Crippen molar-refractivity contribution in [2.24, 2.45) is 5.92 Å². The van der Waals surface area contributed by atoms with Gasteiger partial charge in [0.15, 0.2) is 0 Å². The number of nitrogens with one attached hydrogen (secondary N) is 2. The van der Waals surface area contributed by atoms with Crippen LogP contribution in [0.2, 0.25) is 0 Å². The molecule has 3 amide bonds. The maximum Gasteiger partial charge on any atom is 0.245 e. The Hall–Kier alpha value is -2.37. The average Bonchev–Trinajstić information content (AvgIpc) is 2.80. The summed E-state index contributed by atoms with van der Waals surface area (Å²) in [5.41, 5.74) is 0.942. The van der Waals surface area contributed by atoms with Gasteiger partial charge in [-0.1, -0.05) is 62.9 Å². The van der Waals surface area contributed by atoms with Crippen LogP contribution in [0.3, 0.4) is 0 Å². The minimum atomic E-state index is -0.477. The molecule has 1 aliphatic carbocycles. The highest BCUT2D eigenvalue weighted by Crippen LogP contribution is 2.24. The molecule has 6 heteroatoms. The molecule has 2 aliphatic rings. The van der Waals surface area contributed by atoms with Gasteiger partial charge in [-0.2, -0.15) is 0 Å². The van der Waals surface area contributed by atoms with Gasteiger partial charge in [-0.3, -0.25) is 14.4 Å². The zero-order chi connectivity index (χ0) is 22.1. The summed E-state index contributed by atoms with van der Waals surface area (Å²) in [4.78, 5) is 39.9. The summed E-state index contributed by atoms with van der Waals surface area (Å²) >= 11 is 0. The highest BCUT2D eigenvalue weighted by molar-refractivity contribution is 5.88. The second-order valence-corrected chi connectivity index (χ2v) is 9.01. The van der Waals surface area contributed by atoms with Gasteiger partial charge in [0.25, 0.3) is 0 Å². The third kappa shape index (κ3) is 7.08. The number of carbonyl (C=O) groups is 3. The molecule has 3 rings (SSSR count). The molecule has 1 aromatic carbocycles. The van der Waals surface area contributed by atoms with Gasteiger partial charge < -0.3 is 15.5 Å². The lowest BCUT2D eigenvalue weighted by atomic mass is 9.88. The van der Waals surface area contributed by atoms with Crippen LogP contribution in [0.1, 0.15) is 70.3 Å². The molecule has 1 aliphatic heterocycles. The highest BCUT2D eigenvalue weighted by atomic mass is 16.2. The first-order valence-corrected chi connectivity index (χ1v) is 12.0. The van der Waals surface area contributed by atoms with E-state index < -0.39 is 6.04 Å². The largest absolute Gasteiger partial charge is 0.353 e. The molecule has 1 saturated heterocycles. The van der Waals surface area contributed by atoms with Crippen molar-refractivity contribution >= 4 is 17.7 Å². The van der Waals surface area contributed by atoms with E-state index in [9.17, 15) is 14.4 Å². The van der Waals surface area contributed by atoms with Gasteiger partial charge in [0.1, 0.15) is 6.04 Å². The molecular formula is C25H37N3O3. The van der Waals surface area contributed by atoms with Gasteiger partial charge in [0.05, 0.1) is 6.42 Å². The highest BCUT2D eigenvalue weighted by Gasteiger charge is 2.30. The Morgan fingerprint density at radius 1 is 1.00 bits per heavy atom. The molecule has 0 bridgehead atoms. The summed E-state index contributed by atoms with van der Waals surface area (Å²) in [5.74, 6) is 0.247. The van der Waals surface area contributed by atoms with Crippen LogP contribution in [0.4, 0.5) is 0 Å². The van der Waals surface area contributed by atoms with Gasteiger partial charge in [-0.05, 0) is 37.7 Å². The van der Waals surface area contributed by atoms with Crippen LogP contribution in [0, 0.1) is 5.92 Å². The van der Waals surface area contributed by atoms with Crippen LogP contribution >= 0.6 is 0 Å². The van der Waals surface area contributed by atoms with Crippen LogP contribution in [0.5, 0.6) is 0 Å². The number of hydrogen-bond donors (Lipinski definition) is 2. The molecule has 6 nitrogen and oxygen atoms in total. The molecule has 2 fully saturated rings. The Kier molecular flexibility index (Phi) is 8.92. The lowest BCUT2D eigenvalue weighted by Gasteiger charge is -2.35. The smallest absolute Gasteiger partial charge is 0.245 e. The van der Waals surface area contributed by atoms with Crippen molar-refractivity contribution in [3.05, 3.63) is 35.9 Å². The third-order valence-electron chi connectivity index (χ3n) is 6.55. The van der Waals surface area contributed by atoms with Crippen LogP contribution < -0.4 is 10.6 Å². The molecule has 1 saturated carbocycles. The minimum absolute atomic E-state index is 0.000295. The molecule has 1 heterocycles. The van der Waals surface area contributed by atoms with E-state index in [1.54, 1.807) is 0 Å². The Morgan fingerprint density at radius 3 is 2.32 bits per heavy atom. The summed E-state index contributed by atoms with van der Waals surface area (Å²) in [5, 5.41) is 6.17. The number of likely N-dealkylation sites (tertiary alicyclic amines) is 1. The minimum Gasteiger partial charge on any atom is -0.353 e. The normalized spacial score (nSPS) is 18.9. The summed E-state index contributed by atoms with van der Waals surface area (Å²) in [6.07, 6.45) is 8.86. The fourth-order valence-electron chi connectivity index (χ4n) is 4.72. The van der Waals surface area contributed by atoms with Gasteiger partial charge in [-0.15, -0.1) is 0 Å². The number of benzene rings is 1. The van der Waals surface area contributed by atoms with Gasteiger partial charge >= 0.3 is 0 Å². The molecule has 170 valence electrons. The zero-order valence-electron chi connectivity index (χ0n) is 18.8. The molecule has 0 aromatic heterocycles. The molecule has 0 radical (unpaired) electrons. The van der Waals surface area contributed by atoms with Crippen molar-refractivity contribution in [3.8, 4) is 0 Å². The summed E-state index contributed by atoms with van der Waals surface area (Å²) < 4.78 is 0. The predicted octanol–water partition coefficient (Wildman–Crippen LogP) is 3.20. The molecule has 1 aromatic rings. The summed E-state index contributed by atoms with van der Waals surface area (Å²) in [7, 11) is 0. The van der Waals surface area contributed by atoms with E-state index in [1.165, 1.54) is 6.42 Å². The van der Waals surface area contributed by atoms with Crippen molar-refractivity contribution in [1.29, 1.82) is 0 Å². The van der Waals surface area contributed by atoms with E-state index in [-0.39, 0.29) is 36.1 Å². The van der Waals surface area contributed by atoms with E-state index in [4.69, 9.17) is 0 Å². The molecular weight excluding hydrogens is 390 g/mol. The Morgan fingerprint density at radius 2 is 1.68 bits per heavy atom. The first-order valence-electron chi connectivity index (χ1n) is 12.0. The first-order chi connectivity index (χ1) is 15.1. The van der Waals surface area contributed by atoms with Crippen LogP contribution in [-0.2, 0) is 20.8 Å². The number of hydrogen-bond acceptors (Lipinski definition) is 3. The van der Waals surface area contributed by atoms with E-state index in [0.717, 1.165) is 50.5 Å². The number of rotatable bonds is 8. The van der Waals surface area contributed by atoms with E-state index >= 15 is 0 Å². The number of carbonyl (C=O) groups excluding carboxylic acids is 3. The van der Waals surface area contributed by atoms with Crippen molar-refractivity contribution in [2.75, 3.05) is 13.1 Å². The average molecular weight is 428 g/mol. The van der Waals surface area contributed by atoms with Gasteiger partial charge in [0, 0.05) is 25.0 Å². The number of nitrogens with zero attached hydrogens (tertiary/aromatic N) is 1. The molecule has 1 unspecified atom stereocenters. The molecule has 0 spiro atoms. The molecule has 1 atom stereocenters. The summed E-state index contributed by atoms with van der Waals surface area (Å²) in [6.45, 7) is 3.28. The Bertz CT molecular complexity index is 723. The van der Waals surface area contributed by atoms with E-state index in [0.29, 0.717) is 19.5 Å². The second-order valence-electron chi connectivity index (χ2n) is 9.01. The maximum absolute atomic E-state index is 13.1. The van der Waals surface area contributed by atoms with Crippen molar-refractivity contribution < 1.29 is 14.4 Å². The molecule has 31 heavy (non-hydrogen) atoms.